The molecule has 96 valence electrons. The Morgan fingerprint density at radius 3 is 2.76 bits per heavy atom. The molecule has 0 aromatic heterocycles. The molecule has 1 aliphatic heterocycles. The van der Waals surface area contributed by atoms with Crippen molar-refractivity contribution in [3.63, 3.8) is 0 Å². The van der Waals surface area contributed by atoms with Gasteiger partial charge in [0.05, 0.1) is 6.04 Å². The second-order valence-electron chi connectivity index (χ2n) is 5.49. The Hall–Kier alpha value is -1.25. The van der Waals surface area contributed by atoms with Crippen molar-refractivity contribution in [2.75, 3.05) is 0 Å². The van der Waals surface area contributed by atoms with Crippen molar-refractivity contribution in [1.29, 1.82) is 0 Å². The lowest BCUT2D eigenvalue weighted by molar-refractivity contribution is 0.0104. The standard InChI is InChI=1S/C14H23NO2/c1-6-8-12-10-7-9-11(2)15(12)13(16)17-14(3,4)5/h6-7,10-12H,1,8-9H2,2-5H3/t11-,12+/m0/s1. The Kier molecular flexibility index (Phi) is 4.38. The fraction of sp³-hybridized carbons (Fsp3) is 0.643. The molecule has 0 N–H and O–H groups in total. The second-order valence-corrected chi connectivity index (χ2v) is 5.49. The second kappa shape index (κ2) is 5.39. The van der Waals surface area contributed by atoms with Crippen molar-refractivity contribution in [2.45, 2.75) is 58.2 Å². The highest BCUT2D eigenvalue weighted by Crippen LogP contribution is 2.22. The van der Waals surface area contributed by atoms with Crippen LogP contribution in [0.5, 0.6) is 0 Å². The SMILES string of the molecule is C=CC[C@@H]1C=CC[C@H](C)N1C(=O)OC(C)(C)C. The lowest BCUT2D eigenvalue weighted by atomic mass is 10.0. The van der Waals surface area contributed by atoms with Gasteiger partial charge in [0, 0.05) is 6.04 Å². The Morgan fingerprint density at radius 1 is 1.59 bits per heavy atom. The van der Waals surface area contributed by atoms with Crippen molar-refractivity contribution in [3.05, 3.63) is 24.8 Å². The third-order valence-corrected chi connectivity index (χ3v) is 2.68. The monoisotopic (exact) mass is 237 g/mol. The number of rotatable bonds is 2. The molecule has 0 spiro atoms. The largest absolute Gasteiger partial charge is 0.444 e. The van der Waals surface area contributed by atoms with E-state index in [0.717, 1.165) is 12.8 Å². The highest BCUT2D eigenvalue weighted by atomic mass is 16.6. The quantitative estimate of drug-likeness (QED) is 0.688. The Balaban J connectivity index is 2.79. The fourth-order valence-electron chi connectivity index (χ4n) is 1.96. The van der Waals surface area contributed by atoms with Gasteiger partial charge in [-0.05, 0) is 40.5 Å². The third kappa shape index (κ3) is 3.91. The molecule has 1 rings (SSSR count). The Labute approximate surface area is 104 Å². The summed E-state index contributed by atoms with van der Waals surface area (Å²) in [7, 11) is 0. The summed E-state index contributed by atoms with van der Waals surface area (Å²) >= 11 is 0. The first kappa shape index (κ1) is 13.8. The number of ether oxygens (including phenoxy) is 1. The molecular weight excluding hydrogens is 214 g/mol. The van der Waals surface area contributed by atoms with Crippen LogP contribution in [0.2, 0.25) is 0 Å². The van der Waals surface area contributed by atoms with E-state index in [1.807, 2.05) is 38.7 Å². The average Bonchev–Trinajstić information content (AvgIpc) is 2.15. The minimum atomic E-state index is -0.448. The van der Waals surface area contributed by atoms with Gasteiger partial charge in [0.15, 0.2) is 0 Å². The van der Waals surface area contributed by atoms with Gasteiger partial charge in [0.2, 0.25) is 0 Å². The summed E-state index contributed by atoms with van der Waals surface area (Å²) < 4.78 is 5.44. The first-order valence-electron chi connectivity index (χ1n) is 6.14. The number of carbonyl (C=O) groups is 1. The van der Waals surface area contributed by atoms with Crippen molar-refractivity contribution in [2.24, 2.45) is 0 Å². The van der Waals surface area contributed by atoms with E-state index in [4.69, 9.17) is 4.74 Å². The van der Waals surface area contributed by atoms with E-state index in [-0.39, 0.29) is 18.2 Å². The molecule has 0 saturated heterocycles. The molecule has 1 aliphatic rings. The van der Waals surface area contributed by atoms with Gasteiger partial charge in [-0.2, -0.15) is 0 Å². The van der Waals surface area contributed by atoms with Gasteiger partial charge >= 0.3 is 6.09 Å². The topological polar surface area (TPSA) is 29.5 Å². The molecule has 0 saturated carbocycles. The lowest BCUT2D eigenvalue weighted by Gasteiger charge is -2.38. The summed E-state index contributed by atoms with van der Waals surface area (Å²) in [5.74, 6) is 0. The van der Waals surface area contributed by atoms with Crippen LogP contribution in [-0.2, 0) is 4.74 Å². The van der Waals surface area contributed by atoms with E-state index in [1.165, 1.54) is 0 Å². The fourth-order valence-corrected chi connectivity index (χ4v) is 1.96. The number of hydrogen-bond acceptors (Lipinski definition) is 2. The predicted octanol–water partition coefficient (Wildman–Crippen LogP) is 3.52. The van der Waals surface area contributed by atoms with Crippen LogP contribution in [0.4, 0.5) is 4.79 Å². The zero-order chi connectivity index (χ0) is 13.1. The molecule has 0 bridgehead atoms. The van der Waals surface area contributed by atoms with Crippen LogP contribution in [0.15, 0.2) is 24.8 Å². The van der Waals surface area contributed by atoms with E-state index in [2.05, 4.69) is 18.7 Å². The predicted molar refractivity (Wildman–Crippen MR) is 69.9 cm³/mol. The van der Waals surface area contributed by atoms with Crippen LogP contribution >= 0.6 is 0 Å². The minimum Gasteiger partial charge on any atom is -0.444 e. The highest BCUT2D eigenvalue weighted by Gasteiger charge is 2.31. The van der Waals surface area contributed by atoms with Crippen LogP contribution in [0.3, 0.4) is 0 Å². The average molecular weight is 237 g/mol. The maximum absolute atomic E-state index is 12.1. The van der Waals surface area contributed by atoms with Gasteiger partial charge in [-0.3, -0.25) is 4.90 Å². The molecule has 0 fully saturated rings. The van der Waals surface area contributed by atoms with Gasteiger partial charge in [-0.25, -0.2) is 4.79 Å². The molecule has 0 unspecified atom stereocenters. The Bertz CT molecular complexity index is 315. The molecule has 3 nitrogen and oxygen atoms in total. The molecule has 1 amide bonds. The van der Waals surface area contributed by atoms with Crippen molar-refractivity contribution in [3.8, 4) is 0 Å². The van der Waals surface area contributed by atoms with Gasteiger partial charge in [-0.15, -0.1) is 6.58 Å². The zero-order valence-corrected chi connectivity index (χ0v) is 11.3. The summed E-state index contributed by atoms with van der Waals surface area (Å²) in [5.41, 5.74) is -0.448. The lowest BCUT2D eigenvalue weighted by Crippen LogP contribution is -2.48. The van der Waals surface area contributed by atoms with Gasteiger partial charge in [-0.1, -0.05) is 18.2 Å². The van der Waals surface area contributed by atoms with E-state index in [9.17, 15) is 4.79 Å². The maximum atomic E-state index is 12.1. The van der Waals surface area contributed by atoms with E-state index >= 15 is 0 Å². The van der Waals surface area contributed by atoms with E-state index in [0.29, 0.717) is 0 Å². The summed E-state index contributed by atoms with van der Waals surface area (Å²) in [6, 6.07) is 0.255. The maximum Gasteiger partial charge on any atom is 0.411 e. The number of nitrogens with zero attached hydrogens (tertiary/aromatic N) is 1. The van der Waals surface area contributed by atoms with Gasteiger partial charge in [0.25, 0.3) is 0 Å². The first-order chi connectivity index (χ1) is 7.85. The van der Waals surface area contributed by atoms with Crippen LogP contribution in [0.1, 0.15) is 40.5 Å². The Morgan fingerprint density at radius 2 is 2.24 bits per heavy atom. The van der Waals surface area contributed by atoms with E-state index in [1.54, 1.807) is 0 Å². The molecule has 3 heteroatoms. The summed E-state index contributed by atoms with van der Waals surface area (Å²) in [4.78, 5) is 14.0. The van der Waals surface area contributed by atoms with E-state index < -0.39 is 5.60 Å². The van der Waals surface area contributed by atoms with Gasteiger partial charge < -0.3 is 4.74 Å². The summed E-state index contributed by atoms with van der Waals surface area (Å²) in [6.45, 7) is 11.4. The molecule has 0 aromatic rings. The molecular formula is C14H23NO2. The van der Waals surface area contributed by atoms with Crippen LogP contribution in [0, 0.1) is 0 Å². The van der Waals surface area contributed by atoms with Crippen LogP contribution < -0.4 is 0 Å². The number of amides is 1. The molecule has 0 aliphatic carbocycles. The minimum absolute atomic E-state index is 0.0751. The van der Waals surface area contributed by atoms with Crippen LogP contribution in [-0.4, -0.2) is 28.7 Å². The van der Waals surface area contributed by atoms with Crippen LogP contribution in [0.25, 0.3) is 0 Å². The van der Waals surface area contributed by atoms with Crippen molar-refractivity contribution in [1.82, 2.24) is 4.90 Å². The number of hydrogen-bond donors (Lipinski definition) is 0. The molecule has 2 atom stereocenters. The zero-order valence-electron chi connectivity index (χ0n) is 11.3. The highest BCUT2D eigenvalue weighted by molar-refractivity contribution is 5.69. The van der Waals surface area contributed by atoms with Crippen molar-refractivity contribution < 1.29 is 9.53 Å². The molecule has 0 radical (unpaired) electrons. The third-order valence-electron chi connectivity index (χ3n) is 2.68. The summed E-state index contributed by atoms with van der Waals surface area (Å²) in [6.07, 6.45) is 7.43. The molecule has 1 heterocycles. The summed E-state index contributed by atoms with van der Waals surface area (Å²) in [5, 5.41) is 0. The van der Waals surface area contributed by atoms with Gasteiger partial charge in [0.1, 0.15) is 5.60 Å². The smallest absolute Gasteiger partial charge is 0.411 e. The molecule has 17 heavy (non-hydrogen) atoms. The molecule has 0 aromatic carbocycles. The normalized spacial score (nSPS) is 24.6. The first-order valence-corrected chi connectivity index (χ1v) is 6.14. The number of carbonyl (C=O) groups excluding carboxylic acids is 1. The van der Waals surface area contributed by atoms with Crippen molar-refractivity contribution >= 4 is 6.09 Å².